The Hall–Kier alpha value is -3.30. The Labute approximate surface area is 155 Å². The molecule has 1 aliphatic heterocycles. The number of amides is 2. The minimum atomic E-state index is -0.499. The van der Waals surface area contributed by atoms with Crippen molar-refractivity contribution in [3.05, 3.63) is 45.8 Å². The lowest BCUT2D eigenvalue weighted by Gasteiger charge is -2.14. The number of benzene rings is 1. The number of rotatable bonds is 6. The van der Waals surface area contributed by atoms with E-state index in [-0.39, 0.29) is 30.3 Å². The summed E-state index contributed by atoms with van der Waals surface area (Å²) in [4.78, 5) is 36.5. The number of hydrogen-bond acceptors (Lipinski definition) is 6. The molecule has 2 heterocycles. The largest absolute Gasteiger partial charge is 0.350 e. The van der Waals surface area contributed by atoms with Crippen molar-refractivity contribution in [2.45, 2.75) is 26.2 Å². The number of carbonyl (C=O) groups is 2. The van der Waals surface area contributed by atoms with Crippen molar-refractivity contribution in [3.8, 4) is 5.69 Å². The van der Waals surface area contributed by atoms with Crippen molar-refractivity contribution in [1.29, 1.82) is 0 Å². The molecule has 10 nitrogen and oxygen atoms in total. The predicted octanol–water partition coefficient (Wildman–Crippen LogP) is 1.23. The molecule has 1 fully saturated rings. The first-order valence-electron chi connectivity index (χ1n) is 8.70. The van der Waals surface area contributed by atoms with Gasteiger partial charge >= 0.3 is 0 Å². The van der Waals surface area contributed by atoms with Crippen LogP contribution in [0.2, 0.25) is 0 Å². The van der Waals surface area contributed by atoms with Crippen molar-refractivity contribution in [1.82, 2.24) is 25.2 Å². The van der Waals surface area contributed by atoms with Crippen LogP contribution < -0.4 is 5.32 Å². The van der Waals surface area contributed by atoms with E-state index in [1.54, 1.807) is 17.9 Å². The molecule has 10 heteroatoms. The van der Waals surface area contributed by atoms with Crippen molar-refractivity contribution >= 4 is 17.5 Å². The smallest absolute Gasteiger partial charge is 0.273 e. The van der Waals surface area contributed by atoms with E-state index in [1.807, 2.05) is 0 Å². The van der Waals surface area contributed by atoms with E-state index in [4.69, 9.17) is 0 Å². The summed E-state index contributed by atoms with van der Waals surface area (Å²) in [6, 6.07) is 5.92. The Kier molecular flexibility index (Phi) is 5.43. The van der Waals surface area contributed by atoms with Gasteiger partial charge in [-0.1, -0.05) is 11.3 Å². The highest BCUT2D eigenvalue weighted by molar-refractivity contribution is 5.93. The van der Waals surface area contributed by atoms with Crippen molar-refractivity contribution in [2.75, 3.05) is 19.6 Å². The number of nitrogens with zero attached hydrogens (tertiary/aromatic N) is 5. The third-order valence-corrected chi connectivity index (χ3v) is 4.48. The van der Waals surface area contributed by atoms with E-state index < -0.39 is 10.8 Å². The van der Waals surface area contributed by atoms with Gasteiger partial charge in [0.05, 0.1) is 16.3 Å². The third-order valence-electron chi connectivity index (χ3n) is 4.48. The molecular formula is C17H20N6O4. The number of nitro groups is 1. The molecule has 1 aromatic carbocycles. The first-order valence-corrected chi connectivity index (χ1v) is 8.70. The molecule has 27 heavy (non-hydrogen) atoms. The molecular weight excluding hydrogens is 352 g/mol. The van der Waals surface area contributed by atoms with Crippen LogP contribution >= 0.6 is 0 Å². The number of nitro benzene ring substituents is 1. The standard InChI is InChI=1S/C17H20N6O4/c1-12-16(17(25)18-8-7-15(24)21-9-2-3-10-21)19-20-22(12)13-5-4-6-14(11-13)23(26)27/h4-6,11H,2-3,7-10H2,1H3,(H,18,25). The van der Waals surface area contributed by atoms with Crippen LogP contribution in [-0.4, -0.2) is 56.3 Å². The summed E-state index contributed by atoms with van der Waals surface area (Å²) >= 11 is 0. The van der Waals surface area contributed by atoms with E-state index in [0.717, 1.165) is 25.9 Å². The molecule has 0 radical (unpaired) electrons. The molecule has 0 bridgehead atoms. The van der Waals surface area contributed by atoms with Crippen LogP contribution in [0.3, 0.4) is 0 Å². The van der Waals surface area contributed by atoms with E-state index in [2.05, 4.69) is 15.6 Å². The zero-order valence-corrected chi connectivity index (χ0v) is 14.9. The van der Waals surface area contributed by atoms with Crippen molar-refractivity contribution < 1.29 is 14.5 Å². The van der Waals surface area contributed by atoms with Gasteiger partial charge < -0.3 is 10.2 Å². The molecule has 3 rings (SSSR count). The van der Waals surface area contributed by atoms with Crippen LogP contribution in [0.5, 0.6) is 0 Å². The molecule has 0 saturated carbocycles. The second-order valence-corrected chi connectivity index (χ2v) is 6.31. The fourth-order valence-electron chi connectivity index (χ4n) is 3.01. The van der Waals surface area contributed by atoms with Gasteiger partial charge in [-0.25, -0.2) is 4.68 Å². The summed E-state index contributed by atoms with van der Waals surface area (Å²) in [7, 11) is 0. The Morgan fingerprint density at radius 3 is 2.74 bits per heavy atom. The molecule has 0 unspecified atom stereocenters. The molecule has 0 atom stereocenters. The molecule has 1 saturated heterocycles. The fourth-order valence-corrected chi connectivity index (χ4v) is 3.01. The van der Waals surface area contributed by atoms with Gasteiger partial charge in [-0.15, -0.1) is 5.10 Å². The van der Waals surface area contributed by atoms with E-state index in [0.29, 0.717) is 11.4 Å². The maximum absolute atomic E-state index is 12.3. The highest BCUT2D eigenvalue weighted by atomic mass is 16.6. The molecule has 1 N–H and O–H groups in total. The Morgan fingerprint density at radius 2 is 2.04 bits per heavy atom. The van der Waals surface area contributed by atoms with Gasteiger partial charge in [0.1, 0.15) is 0 Å². The van der Waals surface area contributed by atoms with Gasteiger partial charge in [0, 0.05) is 38.2 Å². The molecule has 142 valence electrons. The van der Waals surface area contributed by atoms with E-state index in [1.165, 1.54) is 22.9 Å². The highest BCUT2D eigenvalue weighted by Crippen LogP contribution is 2.18. The van der Waals surface area contributed by atoms with Crippen LogP contribution in [0.1, 0.15) is 35.4 Å². The molecule has 0 aliphatic carbocycles. The summed E-state index contributed by atoms with van der Waals surface area (Å²) in [6.07, 6.45) is 2.29. The average Bonchev–Trinajstić information content (AvgIpc) is 3.31. The van der Waals surface area contributed by atoms with Crippen molar-refractivity contribution in [2.24, 2.45) is 0 Å². The number of hydrogen-bond donors (Lipinski definition) is 1. The first kappa shape index (κ1) is 18.5. The number of nitrogens with one attached hydrogen (secondary N) is 1. The van der Waals surface area contributed by atoms with Gasteiger partial charge in [-0.2, -0.15) is 0 Å². The average molecular weight is 372 g/mol. The molecule has 1 aliphatic rings. The SMILES string of the molecule is Cc1c(C(=O)NCCC(=O)N2CCCC2)nnn1-c1cccc([N+](=O)[O-])c1. The van der Waals surface area contributed by atoms with Crippen LogP contribution in [0, 0.1) is 17.0 Å². The van der Waals surface area contributed by atoms with Gasteiger partial charge in [0.25, 0.3) is 11.6 Å². The van der Waals surface area contributed by atoms with Crippen LogP contribution in [0.15, 0.2) is 24.3 Å². The molecule has 1 aromatic heterocycles. The number of likely N-dealkylation sites (tertiary alicyclic amines) is 1. The van der Waals surface area contributed by atoms with Crippen LogP contribution in [-0.2, 0) is 4.79 Å². The second-order valence-electron chi connectivity index (χ2n) is 6.31. The summed E-state index contributed by atoms with van der Waals surface area (Å²) in [6.45, 7) is 3.44. The van der Waals surface area contributed by atoms with Crippen molar-refractivity contribution in [3.63, 3.8) is 0 Å². The zero-order chi connectivity index (χ0) is 19.4. The molecule has 2 aromatic rings. The van der Waals surface area contributed by atoms with Crippen LogP contribution in [0.25, 0.3) is 5.69 Å². The normalized spacial score (nSPS) is 13.6. The number of carbonyl (C=O) groups excluding carboxylic acids is 2. The monoisotopic (exact) mass is 372 g/mol. The summed E-state index contributed by atoms with van der Waals surface area (Å²) in [5, 5.41) is 21.4. The summed E-state index contributed by atoms with van der Waals surface area (Å²) in [5.41, 5.74) is 0.945. The highest BCUT2D eigenvalue weighted by Gasteiger charge is 2.20. The minimum absolute atomic E-state index is 0.0322. The van der Waals surface area contributed by atoms with Gasteiger partial charge in [0.15, 0.2) is 5.69 Å². The Morgan fingerprint density at radius 1 is 1.30 bits per heavy atom. The fraction of sp³-hybridized carbons (Fsp3) is 0.412. The van der Waals surface area contributed by atoms with Gasteiger partial charge in [-0.3, -0.25) is 19.7 Å². The predicted molar refractivity (Wildman–Crippen MR) is 95.5 cm³/mol. The Bertz CT molecular complexity index is 872. The van der Waals surface area contributed by atoms with Crippen LogP contribution in [0.4, 0.5) is 5.69 Å². The lowest BCUT2D eigenvalue weighted by molar-refractivity contribution is -0.384. The maximum atomic E-state index is 12.3. The summed E-state index contributed by atoms with van der Waals surface area (Å²) < 4.78 is 1.37. The first-order chi connectivity index (χ1) is 13.0. The van der Waals surface area contributed by atoms with Gasteiger partial charge in [-0.05, 0) is 25.8 Å². The molecule has 0 spiro atoms. The molecule has 2 amide bonds. The lowest BCUT2D eigenvalue weighted by Crippen LogP contribution is -2.33. The van der Waals surface area contributed by atoms with Gasteiger partial charge in [0.2, 0.25) is 5.91 Å². The topological polar surface area (TPSA) is 123 Å². The number of aromatic nitrogens is 3. The number of non-ortho nitro benzene ring substituents is 1. The summed E-state index contributed by atoms with van der Waals surface area (Å²) in [5.74, 6) is -0.400. The lowest BCUT2D eigenvalue weighted by atomic mass is 10.2. The second kappa shape index (κ2) is 7.94. The Balaban J connectivity index is 1.64. The quantitative estimate of drug-likeness (QED) is 0.601. The minimum Gasteiger partial charge on any atom is -0.350 e. The van der Waals surface area contributed by atoms with E-state index >= 15 is 0 Å². The third kappa shape index (κ3) is 4.10. The van der Waals surface area contributed by atoms with E-state index in [9.17, 15) is 19.7 Å². The zero-order valence-electron chi connectivity index (χ0n) is 14.9. The maximum Gasteiger partial charge on any atom is 0.273 e.